The highest BCUT2D eigenvalue weighted by molar-refractivity contribution is 6.32. The summed E-state index contributed by atoms with van der Waals surface area (Å²) < 4.78 is 0. The van der Waals surface area contributed by atoms with Crippen LogP contribution in [0.25, 0.3) is 0 Å². The zero-order valence-corrected chi connectivity index (χ0v) is 7.11. The lowest BCUT2D eigenvalue weighted by atomic mass is 10.1. The molecule has 0 radical (unpaired) electrons. The summed E-state index contributed by atoms with van der Waals surface area (Å²) >= 11 is 5.58. The van der Waals surface area contributed by atoms with Gasteiger partial charge in [0.2, 0.25) is 0 Å². The first-order valence-corrected chi connectivity index (χ1v) is 3.59. The molecule has 11 heavy (non-hydrogen) atoms. The maximum Gasteiger partial charge on any atom is 0.137 e. The number of benzene rings is 1. The SMILES string of the molecule is Cc1c(O)cc(Cl)c(O)c1C. The Kier molecular flexibility index (Phi) is 1.96. The Balaban J connectivity index is 3.46. The van der Waals surface area contributed by atoms with Crippen molar-refractivity contribution in [1.29, 1.82) is 0 Å². The van der Waals surface area contributed by atoms with E-state index in [-0.39, 0.29) is 16.5 Å². The Bertz CT molecular complexity index is 268. The first kappa shape index (κ1) is 8.21. The number of hydrogen-bond donors (Lipinski definition) is 2. The van der Waals surface area contributed by atoms with Gasteiger partial charge in [-0.3, -0.25) is 0 Å². The van der Waals surface area contributed by atoms with Crippen LogP contribution in [0, 0.1) is 13.8 Å². The van der Waals surface area contributed by atoms with Crippen LogP contribution in [0.5, 0.6) is 11.5 Å². The minimum Gasteiger partial charge on any atom is -0.508 e. The van der Waals surface area contributed by atoms with Gasteiger partial charge in [-0.25, -0.2) is 0 Å². The van der Waals surface area contributed by atoms with Gasteiger partial charge >= 0.3 is 0 Å². The molecule has 0 bridgehead atoms. The smallest absolute Gasteiger partial charge is 0.137 e. The van der Waals surface area contributed by atoms with Crippen LogP contribution in [0.15, 0.2) is 6.07 Å². The van der Waals surface area contributed by atoms with Gasteiger partial charge < -0.3 is 10.2 Å². The number of phenols is 2. The van der Waals surface area contributed by atoms with Crippen molar-refractivity contribution in [2.45, 2.75) is 13.8 Å². The molecule has 0 saturated carbocycles. The summed E-state index contributed by atoms with van der Waals surface area (Å²) in [5.74, 6) is 0.160. The highest BCUT2D eigenvalue weighted by Crippen LogP contribution is 2.34. The van der Waals surface area contributed by atoms with Gasteiger partial charge in [-0.15, -0.1) is 0 Å². The molecule has 60 valence electrons. The Hall–Kier alpha value is -0.890. The van der Waals surface area contributed by atoms with E-state index in [9.17, 15) is 10.2 Å². The van der Waals surface area contributed by atoms with Crippen molar-refractivity contribution in [3.05, 3.63) is 22.2 Å². The fourth-order valence-corrected chi connectivity index (χ4v) is 1.09. The van der Waals surface area contributed by atoms with Gasteiger partial charge in [0.05, 0.1) is 5.02 Å². The zero-order chi connectivity index (χ0) is 8.59. The van der Waals surface area contributed by atoms with E-state index in [4.69, 9.17) is 11.6 Å². The highest BCUT2D eigenvalue weighted by atomic mass is 35.5. The summed E-state index contributed by atoms with van der Waals surface area (Å²) in [5, 5.41) is 18.7. The summed E-state index contributed by atoms with van der Waals surface area (Å²) in [7, 11) is 0. The van der Waals surface area contributed by atoms with Crippen molar-refractivity contribution >= 4 is 11.6 Å². The molecule has 0 amide bonds. The number of phenolic OH excluding ortho intramolecular Hbond substituents is 2. The number of halogens is 1. The van der Waals surface area contributed by atoms with E-state index in [0.717, 1.165) is 0 Å². The van der Waals surface area contributed by atoms with Crippen molar-refractivity contribution in [3.8, 4) is 11.5 Å². The summed E-state index contributed by atoms with van der Waals surface area (Å²) in [4.78, 5) is 0. The number of aromatic hydroxyl groups is 2. The lowest BCUT2D eigenvalue weighted by Gasteiger charge is -2.06. The third-order valence-electron chi connectivity index (χ3n) is 1.79. The molecular formula is C8H9ClO2. The van der Waals surface area contributed by atoms with Crippen molar-refractivity contribution in [1.82, 2.24) is 0 Å². The summed E-state index contributed by atoms with van der Waals surface area (Å²) in [6, 6.07) is 1.33. The minimum absolute atomic E-state index is 0.0435. The van der Waals surface area contributed by atoms with Crippen molar-refractivity contribution in [2.24, 2.45) is 0 Å². The summed E-state index contributed by atoms with van der Waals surface area (Å²) in [6.45, 7) is 3.43. The van der Waals surface area contributed by atoms with Gasteiger partial charge in [0, 0.05) is 6.07 Å². The Labute approximate surface area is 70.1 Å². The zero-order valence-electron chi connectivity index (χ0n) is 6.35. The highest BCUT2D eigenvalue weighted by Gasteiger charge is 2.08. The predicted octanol–water partition coefficient (Wildman–Crippen LogP) is 2.37. The maximum absolute atomic E-state index is 9.27. The van der Waals surface area contributed by atoms with E-state index in [1.165, 1.54) is 6.07 Å². The van der Waals surface area contributed by atoms with E-state index >= 15 is 0 Å². The quantitative estimate of drug-likeness (QED) is 0.590. The van der Waals surface area contributed by atoms with Gasteiger partial charge in [-0.1, -0.05) is 11.6 Å². The molecule has 0 atom stereocenters. The molecule has 0 saturated heterocycles. The molecule has 2 N–H and O–H groups in total. The van der Waals surface area contributed by atoms with E-state index in [1.54, 1.807) is 13.8 Å². The predicted molar refractivity (Wildman–Crippen MR) is 44.3 cm³/mol. The Morgan fingerprint density at radius 3 is 2.27 bits per heavy atom. The molecule has 0 heterocycles. The van der Waals surface area contributed by atoms with E-state index in [1.807, 2.05) is 0 Å². The lowest BCUT2D eigenvalue weighted by Crippen LogP contribution is -1.83. The maximum atomic E-state index is 9.27. The van der Waals surface area contributed by atoms with Crippen LogP contribution in [-0.4, -0.2) is 10.2 Å². The molecule has 0 spiro atoms. The van der Waals surface area contributed by atoms with Gasteiger partial charge in [0.1, 0.15) is 11.5 Å². The first-order chi connectivity index (χ1) is 5.04. The topological polar surface area (TPSA) is 40.5 Å². The minimum atomic E-state index is 0.0435. The molecule has 0 unspecified atom stereocenters. The third kappa shape index (κ3) is 1.26. The van der Waals surface area contributed by atoms with Gasteiger partial charge in [0.25, 0.3) is 0 Å². The normalized spacial score (nSPS) is 10.1. The van der Waals surface area contributed by atoms with Gasteiger partial charge in [-0.2, -0.15) is 0 Å². The molecule has 0 aliphatic carbocycles. The van der Waals surface area contributed by atoms with Crippen LogP contribution in [0.3, 0.4) is 0 Å². The van der Waals surface area contributed by atoms with Gasteiger partial charge in [-0.05, 0) is 25.0 Å². The molecule has 0 fully saturated rings. The standard InChI is InChI=1S/C8H9ClO2/c1-4-5(2)8(11)6(9)3-7(4)10/h3,10-11H,1-2H3. The van der Waals surface area contributed by atoms with Crippen molar-refractivity contribution in [3.63, 3.8) is 0 Å². The van der Waals surface area contributed by atoms with Crippen LogP contribution in [0.1, 0.15) is 11.1 Å². The molecule has 1 aromatic rings. The Morgan fingerprint density at radius 1 is 1.18 bits per heavy atom. The van der Waals surface area contributed by atoms with Gasteiger partial charge in [0.15, 0.2) is 0 Å². The summed E-state index contributed by atoms with van der Waals surface area (Å²) in [6.07, 6.45) is 0. The fourth-order valence-electron chi connectivity index (χ4n) is 0.845. The second-order valence-corrected chi connectivity index (χ2v) is 2.88. The first-order valence-electron chi connectivity index (χ1n) is 3.21. The number of hydrogen-bond acceptors (Lipinski definition) is 2. The monoisotopic (exact) mass is 172 g/mol. The van der Waals surface area contributed by atoms with Crippen LogP contribution in [0.2, 0.25) is 5.02 Å². The van der Waals surface area contributed by atoms with Crippen LogP contribution >= 0.6 is 11.6 Å². The molecule has 3 heteroatoms. The molecule has 0 aliphatic rings. The van der Waals surface area contributed by atoms with E-state index in [0.29, 0.717) is 11.1 Å². The number of rotatable bonds is 0. The summed E-state index contributed by atoms with van der Waals surface area (Å²) in [5.41, 5.74) is 1.28. The van der Waals surface area contributed by atoms with Crippen LogP contribution in [-0.2, 0) is 0 Å². The second-order valence-electron chi connectivity index (χ2n) is 2.48. The van der Waals surface area contributed by atoms with E-state index in [2.05, 4.69) is 0 Å². The largest absolute Gasteiger partial charge is 0.508 e. The lowest BCUT2D eigenvalue weighted by molar-refractivity contribution is 0.453. The third-order valence-corrected chi connectivity index (χ3v) is 2.08. The average molecular weight is 173 g/mol. The van der Waals surface area contributed by atoms with Crippen molar-refractivity contribution < 1.29 is 10.2 Å². The average Bonchev–Trinajstić information content (AvgIpc) is 1.97. The molecular weight excluding hydrogens is 164 g/mol. The molecule has 2 nitrogen and oxygen atoms in total. The molecule has 0 aliphatic heterocycles. The van der Waals surface area contributed by atoms with Crippen LogP contribution < -0.4 is 0 Å². The fraction of sp³-hybridized carbons (Fsp3) is 0.250. The second kappa shape index (κ2) is 2.62. The Morgan fingerprint density at radius 2 is 1.73 bits per heavy atom. The van der Waals surface area contributed by atoms with E-state index < -0.39 is 0 Å². The molecule has 1 aromatic carbocycles. The molecule has 0 aromatic heterocycles. The van der Waals surface area contributed by atoms with Crippen molar-refractivity contribution in [2.75, 3.05) is 0 Å². The molecule has 1 rings (SSSR count). The van der Waals surface area contributed by atoms with Crippen LogP contribution in [0.4, 0.5) is 0 Å².